The van der Waals surface area contributed by atoms with E-state index in [4.69, 9.17) is 16.9 Å². The molecule has 0 aliphatic heterocycles. The quantitative estimate of drug-likeness (QED) is 0.852. The highest BCUT2D eigenvalue weighted by molar-refractivity contribution is 6.17. The highest BCUT2D eigenvalue weighted by Crippen LogP contribution is 2.25. The lowest BCUT2D eigenvalue weighted by atomic mass is 10.1. The molecule has 0 aliphatic carbocycles. The van der Waals surface area contributed by atoms with Gasteiger partial charge in [-0.15, -0.1) is 24.8 Å². The van der Waals surface area contributed by atoms with Crippen LogP contribution in [-0.2, 0) is 12.3 Å². The van der Waals surface area contributed by atoms with E-state index in [0.717, 1.165) is 6.20 Å². The van der Waals surface area contributed by atoms with Gasteiger partial charge in [0.05, 0.1) is 12.5 Å². The minimum atomic E-state index is -5.00. The molecule has 0 amide bonds. The van der Waals surface area contributed by atoms with Gasteiger partial charge in [-0.05, 0) is 5.56 Å². The van der Waals surface area contributed by atoms with Crippen molar-refractivity contribution in [2.24, 2.45) is 0 Å². The van der Waals surface area contributed by atoms with Crippen molar-refractivity contribution in [2.45, 2.75) is 18.7 Å². The molecule has 0 fully saturated rings. The Kier molecular flexibility index (Phi) is 4.02. The summed E-state index contributed by atoms with van der Waals surface area (Å²) in [4.78, 5) is 13.3. The van der Waals surface area contributed by atoms with Crippen molar-refractivity contribution in [1.82, 2.24) is 4.98 Å². The number of hydrogen-bond acceptors (Lipinski definition) is 3. The topological polar surface area (TPSA) is 65.9 Å². The maximum atomic E-state index is 12.1. The van der Waals surface area contributed by atoms with Gasteiger partial charge in [-0.3, -0.25) is 4.79 Å². The van der Waals surface area contributed by atoms with E-state index in [1.165, 1.54) is 0 Å². The summed E-state index contributed by atoms with van der Waals surface area (Å²) in [5.41, 5.74) is -0.989. The van der Waals surface area contributed by atoms with Crippen LogP contribution < -0.4 is 10.3 Å². The normalized spacial score (nSPS) is 11.0. The second-order valence-electron chi connectivity index (χ2n) is 2.97. The SMILES string of the molecule is N#CCc1c(CCl)c[nH]c(=O)c1OC(F)(F)F. The molecule has 0 aliphatic rings. The monoisotopic (exact) mass is 266 g/mol. The van der Waals surface area contributed by atoms with Crippen molar-refractivity contribution in [3.63, 3.8) is 0 Å². The Balaban J connectivity index is 3.35. The van der Waals surface area contributed by atoms with Crippen LogP contribution in [0.25, 0.3) is 0 Å². The molecule has 8 heteroatoms. The van der Waals surface area contributed by atoms with E-state index < -0.39 is 24.1 Å². The van der Waals surface area contributed by atoms with Crippen molar-refractivity contribution in [3.05, 3.63) is 27.7 Å². The zero-order valence-electron chi connectivity index (χ0n) is 8.27. The lowest BCUT2D eigenvalue weighted by molar-refractivity contribution is -0.275. The standard InChI is InChI=1S/C9H6ClF3N2O2/c10-3-5-4-15-8(16)7(6(5)1-2-14)17-9(11,12)13/h4H,1,3H2,(H,15,16). The Morgan fingerprint density at radius 3 is 2.65 bits per heavy atom. The van der Waals surface area contributed by atoms with Crippen molar-refractivity contribution in [2.75, 3.05) is 0 Å². The van der Waals surface area contributed by atoms with E-state index in [1.807, 2.05) is 0 Å². The van der Waals surface area contributed by atoms with E-state index >= 15 is 0 Å². The molecule has 0 bridgehead atoms. The molecule has 1 aromatic rings. The molecule has 1 rings (SSSR count). The second kappa shape index (κ2) is 5.10. The van der Waals surface area contributed by atoms with Gasteiger partial charge in [-0.1, -0.05) is 0 Å². The van der Waals surface area contributed by atoms with E-state index in [-0.39, 0.29) is 17.0 Å². The van der Waals surface area contributed by atoms with Gasteiger partial charge in [0.15, 0.2) is 5.75 Å². The second-order valence-corrected chi connectivity index (χ2v) is 3.23. The largest absolute Gasteiger partial charge is 0.573 e. The number of aromatic nitrogens is 1. The fourth-order valence-corrected chi connectivity index (χ4v) is 1.44. The Morgan fingerprint density at radius 2 is 2.18 bits per heavy atom. The average Bonchev–Trinajstić information content (AvgIpc) is 2.22. The van der Waals surface area contributed by atoms with Crippen LogP contribution in [0.15, 0.2) is 11.0 Å². The predicted octanol–water partition coefficient (Wildman–Crippen LogP) is 2.08. The lowest BCUT2D eigenvalue weighted by Gasteiger charge is -2.12. The minimum absolute atomic E-state index is 0.137. The predicted molar refractivity (Wildman–Crippen MR) is 52.6 cm³/mol. The number of H-pyrrole nitrogens is 1. The van der Waals surface area contributed by atoms with E-state index in [0.29, 0.717) is 0 Å². The third kappa shape index (κ3) is 3.39. The fourth-order valence-electron chi connectivity index (χ4n) is 1.20. The van der Waals surface area contributed by atoms with Crippen LogP contribution in [-0.4, -0.2) is 11.3 Å². The Morgan fingerprint density at radius 1 is 1.53 bits per heavy atom. The number of aromatic amines is 1. The molecule has 17 heavy (non-hydrogen) atoms. The molecule has 0 unspecified atom stereocenters. The average molecular weight is 267 g/mol. The van der Waals surface area contributed by atoms with Crippen LogP contribution in [0.5, 0.6) is 5.75 Å². The molecule has 0 radical (unpaired) electrons. The molecule has 0 atom stereocenters. The fraction of sp³-hybridized carbons (Fsp3) is 0.333. The molecule has 1 aromatic heterocycles. The van der Waals surface area contributed by atoms with Crippen LogP contribution in [0, 0.1) is 11.3 Å². The molecular formula is C9H6ClF3N2O2. The number of nitriles is 1. The number of halogens is 4. The lowest BCUT2D eigenvalue weighted by Crippen LogP contribution is -2.24. The summed E-state index contributed by atoms with van der Waals surface area (Å²) in [6, 6.07) is 1.65. The van der Waals surface area contributed by atoms with Crippen molar-refractivity contribution >= 4 is 11.6 Å². The first kappa shape index (κ1) is 13.4. The van der Waals surface area contributed by atoms with Gasteiger partial charge in [0.25, 0.3) is 5.56 Å². The number of pyridine rings is 1. The molecule has 4 nitrogen and oxygen atoms in total. The van der Waals surface area contributed by atoms with Crippen LogP contribution in [0.2, 0.25) is 0 Å². The zero-order chi connectivity index (χ0) is 13.1. The van der Waals surface area contributed by atoms with Gasteiger partial charge in [0, 0.05) is 17.6 Å². The first-order valence-electron chi connectivity index (χ1n) is 4.31. The van der Waals surface area contributed by atoms with Gasteiger partial charge in [0.2, 0.25) is 0 Å². The molecule has 92 valence electrons. The molecule has 1 heterocycles. The van der Waals surface area contributed by atoms with E-state index in [2.05, 4.69) is 9.72 Å². The summed E-state index contributed by atoms with van der Waals surface area (Å²) in [6.45, 7) is 0. The van der Waals surface area contributed by atoms with Crippen LogP contribution in [0.3, 0.4) is 0 Å². The highest BCUT2D eigenvalue weighted by atomic mass is 35.5. The van der Waals surface area contributed by atoms with E-state index in [9.17, 15) is 18.0 Å². The molecule has 0 aromatic carbocycles. The van der Waals surface area contributed by atoms with E-state index in [1.54, 1.807) is 6.07 Å². The molecule has 0 spiro atoms. The molecule has 0 saturated heterocycles. The Hall–Kier alpha value is -1.68. The summed E-state index contributed by atoms with van der Waals surface area (Å²) in [7, 11) is 0. The maximum Gasteiger partial charge on any atom is 0.573 e. The van der Waals surface area contributed by atoms with Crippen molar-refractivity contribution in [3.8, 4) is 11.8 Å². The first-order valence-corrected chi connectivity index (χ1v) is 4.84. The van der Waals surface area contributed by atoms with Crippen LogP contribution >= 0.6 is 11.6 Å². The van der Waals surface area contributed by atoms with Crippen molar-refractivity contribution in [1.29, 1.82) is 5.26 Å². The third-order valence-electron chi connectivity index (χ3n) is 1.86. The summed E-state index contributed by atoms with van der Waals surface area (Å²) in [5.74, 6) is -1.07. The van der Waals surface area contributed by atoms with Gasteiger partial charge >= 0.3 is 6.36 Å². The number of alkyl halides is 4. The number of rotatable bonds is 3. The Labute approximate surface area is 98.6 Å². The highest BCUT2D eigenvalue weighted by Gasteiger charge is 2.34. The summed E-state index contributed by atoms with van der Waals surface area (Å²) >= 11 is 5.50. The van der Waals surface area contributed by atoms with Crippen LogP contribution in [0.1, 0.15) is 11.1 Å². The van der Waals surface area contributed by atoms with Gasteiger partial charge in [0.1, 0.15) is 0 Å². The van der Waals surface area contributed by atoms with Gasteiger partial charge in [-0.25, -0.2) is 0 Å². The summed E-state index contributed by atoms with van der Waals surface area (Å²) in [5, 5.41) is 8.51. The first-order chi connectivity index (χ1) is 7.89. The molecule has 0 saturated carbocycles. The number of nitrogens with one attached hydrogen (secondary N) is 1. The number of ether oxygens (including phenoxy) is 1. The third-order valence-corrected chi connectivity index (χ3v) is 2.15. The maximum absolute atomic E-state index is 12.1. The minimum Gasteiger partial charge on any atom is -0.400 e. The Bertz CT molecular complexity index is 504. The number of nitrogens with zero attached hydrogens (tertiary/aromatic N) is 1. The smallest absolute Gasteiger partial charge is 0.400 e. The van der Waals surface area contributed by atoms with Gasteiger partial charge in [-0.2, -0.15) is 5.26 Å². The van der Waals surface area contributed by atoms with Crippen LogP contribution in [0.4, 0.5) is 13.2 Å². The zero-order valence-corrected chi connectivity index (χ0v) is 9.02. The molecule has 1 N–H and O–H groups in total. The summed E-state index contributed by atoms with van der Waals surface area (Å²) < 4.78 is 39.9. The number of hydrogen-bond donors (Lipinski definition) is 1. The molecular weight excluding hydrogens is 261 g/mol. The van der Waals surface area contributed by atoms with Crippen molar-refractivity contribution < 1.29 is 17.9 Å². The van der Waals surface area contributed by atoms with Gasteiger partial charge < -0.3 is 9.72 Å². The summed E-state index contributed by atoms with van der Waals surface area (Å²) in [6.07, 6.45) is -4.23.